The molecule has 3 rings (SSSR count). The van der Waals surface area contributed by atoms with Crippen molar-refractivity contribution in [2.45, 2.75) is 33.2 Å². The molecule has 0 radical (unpaired) electrons. The summed E-state index contributed by atoms with van der Waals surface area (Å²) in [6.07, 6.45) is 3.46. The molecule has 32 heavy (non-hydrogen) atoms. The van der Waals surface area contributed by atoms with Gasteiger partial charge in [0.05, 0.1) is 20.0 Å². The number of methoxy groups -OCH3 is 1. The molecule has 3 aromatic rings. The standard InChI is InChI=1S/C25H28N2O5/c1-4-5-12-31-21-11-9-18(14-23(21)30-3)16-26-24(28)19-10-8-17(2)20(15-19)27-25(29)22-7-6-13-32-22/h6-11,13-15H,4-5,12,16H2,1-3H3,(H,26,28)(H,27,29). The van der Waals surface area contributed by atoms with Crippen molar-refractivity contribution in [1.82, 2.24) is 5.32 Å². The Kier molecular flexibility index (Phi) is 7.91. The first-order valence-corrected chi connectivity index (χ1v) is 10.5. The third-order valence-electron chi connectivity index (χ3n) is 4.93. The molecule has 0 unspecified atom stereocenters. The third kappa shape index (κ3) is 5.91. The number of benzene rings is 2. The van der Waals surface area contributed by atoms with Gasteiger partial charge in [-0.25, -0.2) is 0 Å². The van der Waals surface area contributed by atoms with Gasteiger partial charge in [0.2, 0.25) is 0 Å². The highest BCUT2D eigenvalue weighted by Gasteiger charge is 2.13. The topological polar surface area (TPSA) is 89.8 Å². The number of ether oxygens (including phenoxy) is 2. The van der Waals surface area contributed by atoms with E-state index >= 15 is 0 Å². The van der Waals surface area contributed by atoms with Crippen LogP contribution in [-0.2, 0) is 6.54 Å². The van der Waals surface area contributed by atoms with Crippen molar-refractivity contribution in [3.63, 3.8) is 0 Å². The average molecular weight is 437 g/mol. The molecular formula is C25H28N2O5. The fourth-order valence-corrected chi connectivity index (χ4v) is 3.04. The molecular weight excluding hydrogens is 408 g/mol. The van der Waals surface area contributed by atoms with Crippen molar-refractivity contribution in [2.75, 3.05) is 19.0 Å². The van der Waals surface area contributed by atoms with E-state index in [-0.39, 0.29) is 17.6 Å². The zero-order valence-corrected chi connectivity index (χ0v) is 18.6. The first-order chi connectivity index (χ1) is 15.5. The van der Waals surface area contributed by atoms with Gasteiger partial charge in [0.1, 0.15) is 0 Å². The summed E-state index contributed by atoms with van der Waals surface area (Å²) in [4.78, 5) is 25.0. The molecule has 1 aromatic heterocycles. The number of unbranched alkanes of at least 4 members (excludes halogenated alkanes) is 1. The largest absolute Gasteiger partial charge is 0.493 e. The van der Waals surface area contributed by atoms with Gasteiger partial charge in [-0.2, -0.15) is 0 Å². The molecule has 0 aliphatic heterocycles. The van der Waals surface area contributed by atoms with Crippen LogP contribution in [0.2, 0.25) is 0 Å². The molecule has 0 saturated carbocycles. The number of anilines is 1. The van der Waals surface area contributed by atoms with Crippen LogP contribution in [0.3, 0.4) is 0 Å². The van der Waals surface area contributed by atoms with E-state index in [9.17, 15) is 9.59 Å². The van der Waals surface area contributed by atoms with Crippen LogP contribution in [-0.4, -0.2) is 25.5 Å². The van der Waals surface area contributed by atoms with Crippen LogP contribution in [0.25, 0.3) is 0 Å². The van der Waals surface area contributed by atoms with Crippen molar-refractivity contribution in [3.8, 4) is 11.5 Å². The summed E-state index contributed by atoms with van der Waals surface area (Å²) < 4.78 is 16.3. The molecule has 0 aliphatic carbocycles. The second-order valence-corrected chi connectivity index (χ2v) is 7.33. The van der Waals surface area contributed by atoms with Crippen LogP contribution in [0.15, 0.2) is 59.2 Å². The molecule has 0 saturated heterocycles. The van der Waals surface area contributed by atoms with Crippen molar-refractivity contribution >= 4 is 17.5 Å². The van der Waals surface area contributed by atoms with Crippen molar-refractivity contribution in [3.05, 3.63) is 77.2 Å². The van der Waals surface area contributed by atoms with Gasteiger partial charge in [-0.15, -0.1) is 0 Å². The summed E-state index contributed by atoms with van der Waals surface area (Å²) in [7, 11) is 1.59. The predicted molar refractivity (Wildman–Crippen MR) is 122 cm³/mol. The summed E-state index contributed by atoms with van der Waals surface area (Å²) in [5.41, 5.74) is 2.72. The van der Waals surface area contributed by atoms with Crippen LogP contribution < -0.4 is 20.1 Å². The Morgan fingerprint density at radius 1 is 1.03 bits per heavy atom. The third-order valence-corrected chi connectivity index (χ3v) is 4.93. The second-order valence-electron chi connectivity index (χ2n) is 7.33. The van der Waals surface area contributed by atoms with Gasteiger partial charge in [-0.3, -0.25) is 9.59 Å². The van der Waals surface area contributed by atoms with E-state index in [1.165, 1.54) is 6.26 Å². The first-order valence-electron chi connectivity index (χ1n) is 10.5. The minimum atomic E-state index is -0.371. The molecule has 0 spiro atoms. The SMILES string of the molecule is CCCCOc1ccc(CNC(=O)c2ccc(C)c(NC(=O)c3ccco3)c2)cc1OC. The Labute approximate surface area is 187 Å². The smallest absolute Gasteiger partial charge is 0.291 e. The van der Waals surface area contributed by atoms with Crippen LogP contribution in [0, 0.1) is 6.92 Å². The minimum absolute atomic E-state index is 0.204. The maximum atomic E-state index is 12.7. The number of rotatable bonds is 10. The van der Waals surface area contributed by atoms with Crippen LogP contribution in [0.1, 0.15) is 51.8 Å². The maximum Gasteiger partial charge on any atom is 0.291 e. The Morgan fingerprint density at radius 3 is 2.59 bits per heavy atom. The zero-order valence-electron chi connectivity index (χ0n) is 18.6. The molecule has 7 heteroatoms. The first kappa shape index (κ1) is 22.9. The van der Waals surface area contributed by atoms with Gasteiger partial charge in [0.25, 0.3) is 11.8 Å². The van der Waals surface area contributed by atoms with Crippen LogP contribution >= 0.6 is 0 Å². The number of hydrogen-bond acceptors (Lipinski definition) is 5. The Bertz CT molecular complexity index is 1060. The van der Waals surface area contributed by atoms with E-state index in [2.05, 4.69) is 17.6 Å². The molecule has 7 nitrogen and oxygen atoms in total. The number of carbonyl (C=O) groups is 2. The zero-order chi connectivity index (χ0) is 22.9. The molecule has 0 bridgehead atoms. The highest BCUT2D eigenvalue weighted by molar-refractivity contribution is 6.03. The predicted octanol–water partition coefficient (Wildman–Crippen LogP) is 4.96. The van der Waals surface area contributed by atoms with E-state index in [1.807, 2.05) is 25.1 Å². The van der Waals surface area contributed by atoms with E-state index in [0.717, 1.165) is 24.0 Å². The molecule has 2 aromatic carbocycles. The van der Waals surface area contributed by atoms with Crippen molar-refractivity contribution < 1.29 is 23.5 Å². The fraction of sp³-hybridized carbons (Fsp3) is 0.280. The number of nitrogens with one attached hydrogen (secondary N) is 2. The summed E-state index contributed by atoms with van der Waals surface area (Å²) in [5.74, 6) is 0.901. The summed E-state index contributed by atoms with van der Waals surface area (Å²) in [5, 5.41) is 5.68. The van der Waals surface area contributed by atoms with Gasteiger partial charge in [-0.1, -0.05) is 25.5 Å². The number of furan rings is 1. The highest BCUT2D eigenvalue weighted by Crippen LogP contribution is 2.28. The lowest BCUT2D eigenvalue weighted by Crippen LogP contribution is -2.23. The lowest BCUT2D eigenvalue weighted by molar-refractivity contribution is 0.0949. The van der Waals surface area contributed by atoms with Gasteiger partial charge in [0.15, 0.2) is 17.3 Å². The molecule has 0 fully saturated rings. The lowest BCUT2D eigenvalue weighted by Gasteiger charge is -2.13. The fourth-order valence-electron chi connectivity index (χ4n) is 3.04. The molecule has 1 heterocycles. The van der Waals surface area contributed by atoms with Gasteiger partial charge < -0.3 is 24.5 Å². The van der Waals surface area contributed by atoms with E-state index in [1.54, 1.807) is 37.4 Å². The van der Waals surface area contributed by atoms with E-state index < -0.39 is 0 Å². The molecule has 0 atom stereocenters. The van der Waals surface area contributed by atoms with Crippen molar-refractivity contribution in [2.24, 2.45) is 0 Å². The molecule has 168 valence electrons. The average Bonchev–Trinajstić information content (AvgIpc) is 3.35. The number of aryl methyl sites for hydroxylation is 1. The second kappa shape index (κ2) is 11.0. The number of amides is 2. The normalized spacial score (nSPS) is 10.5. The Morgan fingerprint density at radius 2 is 1.88 bits per heavy atom. The van der Waals surface area contributed by atoms with Gasteiger partial charge in [0, 0.05) is 17.8 Å². The Hall–Kier alpha value is -3.74. The van der Waals surface area contributed by atoms with Gasteiger partial charge >= 0.3 is 0 Å². The monoisotopic (exact) mass is 436 g/mol. The van der Waals surface area contributed by atoms with E-state index in [0.29, 0.717) is 35.9 Å². The van der Waals surface area contributed by atoms with Crippen molar-refractivity contribution in [1.29, 1.82) is 0 Å². The molecule has 2 amide bonds. The molecule has 2 N–H and O–H groups in total. The number of hydrogen-bond donors (Lipinski definition) is 2. The quantitative estimate of drug-likeness (QED) is 0.439. The van der Waals surface area contributed by atoms with Gasteiger partial charge in [-0.05, 0) is 60.9 Å². The van der Waals surface area contributed by atoms with Crippen LogP contribution in [0.5, 0.6) is 11.5 Å². The molecule has 0 aliphatic rings. The minimum Gasteiger partial charge on any atom is -0.493 e. The van der Waals surface area contributed by atoms with Crippen LogP contribution in [0.4, 0.5) is 5.69 Å². The lowest BCUT2D eigenvalue weighted by atomic mass is 10.1. The van der Waals surface area contributed by atoms with E-state index in [4.69, 9.17) is 13.9 Å². The number of carbonyl (C=O) groups excluding carboxylic acids is 2. The Balaban J connectivity index is 1.64. The highest BCUT2D eigenvalue weighted by atomic mass is 16.5. The summed E-state index contributed by atoms with van der Waals surface area (Å²) >= 11 is 0. The summed E-state index contributed by atoms with van der Waals surface area (Å²) in [6.45, 7) is 4.92. The summed E-state index contributed by atoms with van der Waals surface area (Å²) in [6, 6.07) is 14.0. The maximum absolute atomic E-state index is 12.7.